The third kappa shape index (κ3) is 6.83. The summed E-state index contributed by atoms with van der Waals surface area (Å²) in [5, 5.41) is 0. The molecule has 6 heteroatoms. The van der Waals surface area contributed by atoms with Gasteiger partial charge in [0.05, 0.1) is 51.7 Å². The highest BCUT2D eigenvalue weighted by Gasteiger charge is 2.41. The molecule has 0 radical (unpaired) electrons. The highest BCUT2D eigenvalue weighted by Crippen LogP contribution is 2.40. The van der Waals surface area contributed by atoms with E-state index in [1.807, 2.05) is 6.07 Å². The van der Waals surface area contributed by atoms with E-state index in [0.29, 0.717) is 59.5 Å². The molecule has 0 unspecified atom stereocenters. The summed E-state index contributed by atoms with van der Waals surface area (Å²) in [4.78, 5) is 0. The molecule has 0 aromatic heterocycles. The number of hydrogen-bond donors (Lipinski definition) is 0. The average molecular weight is 405 g/mol. The molecule has 0 N–H and O–H groups in total. The first-order valence-corrected chi connectivity index (χ1v) is 10.1. The van der Waals surface area contributed by atoms with E-state index in [-0.39, 0.29) is 5.41 Å². The number of benzene rings is 1. The minimum atomic E-state index is 0.0235. The van der Waals surface area contributed by atoms with Gasteiger partial charge >= 0.3 is 0 Å². The topological polar surface area (TPSA) is 49.2 Å². The predicted octanol–water partition coefficient (Wildman–Crippen LogP) is 2.79. The molecule has 6 nitrogen and oxygen atoms in total. The van der Waals surface area contributed by atoms with Crippen molar-refractivity contribution >= 4 is 11.4 Å². The zero-order chi connectivity index (χ0) is 21.1. The van der Waals surface area contributed by atoms with Crippen molar-refractivity contribution in [3.05, 3.63) is 23.8 Å². The Kier molecular flexibility index (Phi) is 9.62. The van der Waals surface area contributed by atoms with Gasteiger partial charge in [-0.15, -0.1) is 6.42 Å². The first-order valence-electron chi connectivity index (χ1n) is 10.1. The molecule has 0 atom stereocenters. The summed E-state index contributed by atoms with van der Waals surface area (Å²) in [6.45, 7) is 11.2. The number of terminal acetylenes is 1. The lowest BCUT2D eigenvalue weighted by Crippen LogP contribution is -2.25. The normalized spacial score (nSPS) is 14.7. The van der Waals surface area contributed by atoms with E-state index in [1.165, 1.54) is 17.0 Å². The SMILES string of the molecule is C#CCOCCOCCOCCOCCOc1ccc2c(c1)C(C)(C)C(C)=[N+]2C. The van der Waals surface area contributed by atoms with Crippen LogP contribution in [0.25, 0.3) is 0 Å². The lowest BCUT2D eigenvalue weighted by Gasteiger charge is -2.16. The molecule has 0 saturated heterocycles. The molecular weight excluding hydrogens is 370 g/mol. The molecule has 1 aromatic rings. The third-order valence-electron chi connectivity index (χ3n) is 5.21. The van der Waals surface area contributed by atoms with Gasteiger partial charge in [0.25, 0.3) is 0 Å². The minimum Gasteiger partial charge on any atom is -0.491 e. The highest BCUT2D eigenvalue weighted by molar-refractivity contribution is 5.93. The van der Waals surface area contributed by atoms with Crippen LogP contribution in [0.2, 0.25) is 0 Å². The molecule has 0 spiro atoms. The minimum absolute atomic E-state index is 0.0235. The van der Waals surface area contributed by atoms with Gasteiger partial charge in [-0.1, -0.05) is 5.92 Å². The zero-order valence-electron chi connectivity index (χ0n) is 18.2. The van der Waals surface area contributed by atoms with Crippen molar-refractivity contribution in [2.45, 2.75) is 26.2 Å². The van der Waals surface area contributed by atoms with Crippen molar-refractivity contribution < 1.29 is 28.3 Å². The standard InChI is InChI=1S/C23H34NO5/c1-6-9-25-10-11-26-12-13-27-14-15-28-16-17-29-20-7-8-22-21(18-20)23(3,4)19(2)24(22)5/h1,7-8,18H,9-17H2,2-5H3/q+1. The molecule has 1 aliphatic heterocycles. The van der Waals surface area contributed by atoms with E-state index in [9.17, 15) is 0 Å². The smallest absolute Gasteiger partial charge is 0.209 e. The van der Waals surface area contributed by atoms with E-state index in [2.05, 4.69) is 50.4 Å². The van der Waals surface area contributed by atoms with Gasteiger partial charge in [0.15, 0.2) is 5.71 Å². The second-order valence-corrected chi connectivity index (χ2v) is 7.39. The molecule has 0 saturated carbocycles. The molecule has 1 aromatic carbocycles. The van der Waals surface area contributed by atoms with Gasteiger partial charge in [-0.2, -0.15) is 0 Å². The van der Waals surface area contributed by atoms with Crippen molar-refractivity contribution in [1.29, 1.82) is 0 Å². The van der Waals surface area contributed by atoms with Crippen molar-refractivity contribution in [3.8, 4) is 18.1 Å². The highest BCUT2D eigenvalue weighted by atomic mass is 16.6. The fourth-order valence-corrected chi connectivity index (χ4v) is 3.20. The zero-order valence-corrected chi connectivity index (χ0v) is 18.2. The Bertz CT molecular complexity index is 720. The van der Waals surface area contributed by atoms with Gasteiger partial charge in [-0.25, -0.2) is 4.58 Å². The maximum Gasteiger partial charge on any atom is 0.209 e. The summed E-state index contributed by atoms with van der Waals surface area (Å²) < 4.78 is 29.6. The summed E-state index contributed by atoms with van der Waals surface area (Å²) >= 11 is 0. The Hall–Kier alpha value is -1.91. The number of ether oxygens (including phenoxy) is 5. The molecule has 1 aliphatic rings. The van der Waals surface area contributed by atoms with Gasteiger partial charge in [-0.3, -0.25) is 0 Å². The quantitative estimate of drug-likeness (QED) is 0.271. The Labute approximate surface area is 174 Å². The summed E-state index contributed by atoms with van der Waals surface area (Å²) in [5.41, 5.74) is 3.91. The number of nitrogens with zero attached hydrogens (tertiary/aromatic N) is 1. The second kappa shape index (κ2) is 11.9. The maximum atomic E-state index is 5.86. The van der Waals surface area contributed by atoms with Gasteiger partial charge in [0.2, 0.25) is 5.69 Å². The van der Waals surface area contributed by atoms with Crippen molar-refractivity contribution in [3.63, 3.8) is 0 Å². The lowest BCUT2D eigenvalue weighted by atomic mass is 9.82. The average Bonchev–Trinajstić information content (AvgIpc) is 2.88. The van der Waals surface area contributed by atoms with Crippen molar-refractivity contribution in [1.82, 2.24) is 0 Å². The van der Waals surface area contributed by atoms with Crippen molar-refractivity contribution in [2.75, 3.05) is 66.5 Å². The lowest BCUT2D eigenvalue weighted by molar-refractivity contribution is -0.403. The van der Waals surface area contributed by atoms with Crippen LogP contribution in [0.4, 0.5) is 5.69 Å². The number of hydrogen-bond acceptors (Lipinski definition) is 5. The third-order valence-corrected chi connectivity index (χ3v) is 5.21. The predicted molar refractivity (Wildman–Crippen MR) is 114 cm³/mol. The molecule has 0 aliphatic carbocycles. The fraction of sp³-hybridized carbons (Fsp3) is 0.609. The Balaban J connectivity index is 1.51. The van der Waals surface area contributed by atoms with Crippen LogP contribution in [0, 0.1) is 12.3 Å². The summed E-state index contributed by atoms with van der Waals surface area (Å²) in [7, 11) is 2.11. The first-order chi connectivity index (χ1) is 14.0. The molecule has 160 valence electrons. The second-order valence-electron chi connectivity index (χ2n) is 7.39. The van der Waals surface area contributed by atoms with Crippen LogP contribution in [-0.4, -0.2) is 76.8 Å². The van der Waals surface area contributed by atoms with Crippen LogP contribution in [-0.2, 0) is 24.4 Å². The van der Waals surface area contributed by atoms with Crippen molar-refractivity contribution in [2.24, 2.45) is 0 Å². The molecule has 29 heavy (non-hydrogen) atoms. The summed E-state index contributed by atoms with van der Waals surface area (Å²) in [6.07, 6.45) is 5.08. The van der Waals surface area contributed by atoms with Crippen LogP contribution < -0.4 is 4.74 Å². The summed E-state index contributed by atoms with van der Waals surface area (Å²) in [5.74, 6) is 3.28. The largest absolute Gasteiger partial charge is 0.491 e. The van der Waals surface area contributed by atoms with Crippen LogP contribution in [0.1, 0.15) is 26.3 Å². The van der Waals surface area contributed by atoms with E-state index in [0.717, 1.165) is 5.75 Å². The molecule has 2 rings (SSSR count). The van der Waals surface area contributed by atoms with Crippen LogP contribution in [0.3, 0.4) is 0 Å². The first kappa shape index (κ1) is 23.4. The maximum absolute atomic E-state index is 5.86. The summed E-state index contributed by atoms with van der Waals surface area (Å²) in [6, 6.07) is 6.29. The number of rotatable bonds is 14. The van der Waals surface area contributed by atoms with E-state index in [4.69, 9.17) is 30.1 Å². The van der Waals surface area contributed by atoms with Crippen LogP contribution in [0.15, 0.2) is 18.2 Å². The Morgan fingerprint density at radius 2 is 1.45 bits per heavy atom. The molecule has 0 amide bonds. The molecule has 0 bridgehead atoms. The Morgan fingerprint density at radius 1 is 0.897 bits per heavy atom. The van der Waals surface area contributed by atoms with E-state index in [1.54, 1.807) is 0 Å². The molecule has 0 fully saturated rings. The van der Waals surface area contributed by atoms with E-state index < -0.39 is 0 Å². The monoisotopic (exact) mass is 404 g/mol. The van der Waals surface area contributed by atoms with Gasteiger partial charge < -0.3 is 23.7 Å². The molecule has 1 heterocycles. The molecular formula is C23H34NO5+. The fourth-order valence-electron chi connectivity index (χ4n) is 3.20. The van der Waals surface area contributed by atoms with E-state index >= 15 is 0 Å². The van der Waals surface area contributed by atoms with Gasteiger partial charge in [-0.05, 0) is 26.0 Å². The van der Waals surface area contributed by atoms with Crippen LogP contribution in [0.5, 0.6) is 5.75 Å². The van der Waals surface area contributed by atoms with Gasteiger partial charge in [0, 0.05) is 18.6 Å². The number of fused-ring (bicyclic) bond motifs is 1. The Morgan fingerprint density at radius 3 is 2.03 bits per heavy atom. The van der Waals surface area contributed by atoms with Gasteiger partial charge in [0.1, 0.15) is 26.0 Å². The van der Waals surface area contributed by atoms with Crippen LogP contribution >= 0.6 is 0 Å².